The number of anilines is 1. The lowest BCUT2D eigenvalue weighted by Gasteiger charge is -2.14. The Labute approximate surface area is 176 Å². The average molecular weight is 408 g/mol. The number of aromatic hydroxyl groups is 1. The fraction of sp³-hybridized carbons (Fsp3) is 0.250. The zero-order chi connectivity index (χ0) is 21.5. The summed E-state index contributed by atoms with van der Waals surface area (Å²) in [5.74, 6) is 0.839. The van der Waals surface area contributed by atoms with Crippen molar-refractivity contribution in [2.24, 2.45) is 0 Å². The number of rotatable bonds is 9. The molecule has 3 rings (SSSR count). The Morgan fingerprint density at radius 1 is 0.967 bits per heavy atom. The molecule has 0 heterocycles. The largest absolute Gasteiger partial charge is 0.508 e. The molecule has 0 aromatic heterocycles. The van der Waals surface area contributed by atoms with Crippen LogP contribution in [0.2, 0.25) is 0 Å². The number of benzene rings is 3. The van der Waals surface area contributed by atoms with Gasteiger partial charge < -0.3 is 31.1 Å². The first-order valence-electron chi connectivity index (χ1n) is 9.86. The monoisotopic (exact) mass is 408 g/mol. The quantitative estimate of drug-likeness (QED) is 0.275. The van der Waals surface area contributed by atoms with Gasteiger partial charge in [-0.15, -0.1) is 0 Å². The van der Waals surface area contributed by atoms with E-state index in [1.165, 1.54) is 6.07 Å². The van der Waals surface area contributed by atoms with Crippen LogP contribution in [0.15, 0.2) is 60.7 Å². The molecule has 0 fully saturated rings. The van der Waals surface area contributed by atoms with Crippen molar-refractivity contribution >= 4 is 5.69 Å². The summed E-state index contributed by atoms with van der Waals surface area (Å²) in [6, 6.07) is 18.6. The molecule has 1 unspecified atom stereocenters. The molecule has 3 aromatic rings. The summed E-state index contributed by atoms with van der Waals surface area (Å²) in [6.07, 6.45) is 0.00420. The number of hydrogen-bond donors (Lipinski definition) is 5. The van der Waals surface area contributed by atoms with Crippen molar-refractivity contribution in [1.29, 1.82) is 0 Å². The van der Waals surface area contributed by atoms with E-state index in [0.29, 0.717) is 24.2 Å². The third-order valence-electron chi connectivity index (χ3n) is 5.14. The van der Waals surface area contributed by atoms with Gasteiger partial charge >= 0.3 is 0 Å². The smallest absolute Gasteiger partial charge is 0.121 e. The Kier molecular flexibility index (Phi) is 7.30. The van der Waals surface area contributed by atoms with Gasteiger partial charge in [0.15, 0.2) is 0 Å². The lowest BCUT2D eigenvalue weighted by molar-refractivity contribution is 0.174. The molecule has 0 aliphatic carbocycles. The van der Waals surface area contributed by atoms with E-state index < -0.39 is 6.10 Å². The summed E-state index contributed by atoms with van der Waals surface area (Å²) < 4.78 is 5.19. The van der Waals surface area contributed by atoms with E-state index >= 15 is 0 Å². The number of hydrogen-bond acceptors (Lipinski definition) is 6. The molecule has 0 saturated carbocycles. The van der Waals surface area contributed by atoms with Crippen LogP contribution in [0.3, 0.4) is 0 Å². The molecule has 30 heavy (non-hydrogen) atoms. The lowest BCUT2D eigenvalue weighted by atomic mass is 10.0. The SMILES string of the molecule is COc1ccc(-c2ccc(CCNCC(O)c3ccc(O)c(CO)c3)c(N)c2)cc1. The fourth-order valence-electron chi connectivity index (χ4n) is 3.30. The number of nitrogen functional groups attached to an aromatic ring is 1. The second-order valence-corrected chi connectivity index (χ2v) is 7.16. The van der Waals surface area contributed by atoms with Crippen LogP contribution in [0.4, 0.5) is 5.69 Å². The lowest BCUT2D eigenvalue weighted by Crippen LogP contribution is -2.24. The predicted octanol–water partition coefficient (Wildman–Crippen LogP) is 3.01. The maximum atomic E-state index is 10.3. The van der Waals surface area contributed by atoms with Crippen LogP contribution >= 0.6 is 0 Å². The average Bonchev–Trinajstić information content (AvgIpc) is 2.77. The number of nitrogens with two attached hydrogens (primary N) is 1. The molecule has 6 heteroatoms. The molecule has 158 valence electrons. The van der Waals surface area contributed by atoms with Crippen molar-refractivity contribution in [1.82, 2.24) is 5.32 Å². The highest BCUT2D eigenvalue weighted by atomic mass is 16.5. The maximum absolute atomic E-state index is 10.3. The van der Waals surface area contributed by atoms with Gasteiger partial charge in [-0.2, -0.15) is 0 Å². The van der Waals surface area contributed by atoms with Gasteiger partial charge in [0.2, 0.25) is 0 Å². The Morgan fingerprint density at radius 3 is 2.37 bits per heavy atom. The first-order valence-corrected chi connectivity index (χ1v) is 9.86. The molecule has 0 aliphatic rings. The summed E-state index contributed by atoms with van der Waals surface area (Å²) in [7, 11) is 1.64. The number of aliphatic hydroxyl groups excluding tert-OH is 2. The zero-order valence-electron chi connectivity index (χ0n) is 17.0. The third kappa shape index (κ3) is 5.30. The summed E-state index contributed by atoms with van der Waals surface area (Å²) in [4.78, 5) is 0. The molecule has 0 radical (unpaired) electrons. The van der Waals surface area contributed by atoms with E-state index in [4.69, 9.17) is 10.5 Å². The normalized spacial score (nSPS) is 12.0. The highest BCUT2D eigenvalue weighted by Gasteiger charge is 2.10. The van der Waals surface area contributed by atoms with E-state index in [9.17, 15) is 15.3 Å². The number of aliphatic hydroxyl groups is 2. The Hall–Kier alpha value is -3.06. The van der Waals surface area contributed by atoms with Crippen LogP contribution in [0.25, 0.3) is 11.1 Å². The van der Waals surface area contributed by atoms with Crippen molar-refractivity contribution in [2.45, 2.75) is 19.1 Å². The molecule has 0 saturated heterocycles. The van der Waals surface area contributed by atoms with Gasteiger partial charge in [-0.05, 0) is 65.6 Å². The highest BCUT2D eigenvalue weighted by Crippen LogP contribution is 2.26. The maximum Gasteiger partial charge on any atom is 0.121 e. The summed E-state index contributed by atoms with van der Waals surface area (Å²) in [5.41, 5.74) is 11.2. The minimum Gasteiger partial charge on any atom is -0.508 e. The molecule has 0 bridgehead atoms. The summed E-state index contributed by atoms with van der Waals surface area (Å²) >= 11 is 0. The van der Waals surface area contributed by atoms with Gasteiger partial charge in [0, 0.05) is 17.8 Å². The first-order chi connectivity index (χ1) is 14.5. The topological polar surface area (TPSA) is 108 Å². The zero-order valence-corrected chi connectivity index (χ0v) is 17.0. The van der Waals surface area contributed by atoms with Crippen molar-refractivity contribution in [2.75, 3.05) is 25.9 Å². The predicted molar refractivity (Wildman–Crippen MR) is 118 cm³/mol. The van der Waals surface area contributed by atoms with E-state index in [0.717, 1.165) is 34.5 Å². The van der Waals surface area contributed by atoms with Crippen molar-refractivity contribution in [3.05, 3.63) is 77.4 Å². The molecule has 6 nitrogen and oxygen atoms in total. The van der Waals surface area contributed by atoms with E-state index in [2.05, 4.69) is 11.4 Å². The van der Waals surface area contributed by atoms with E-state index in [1.807, 2.05) is 36.4 Å². The molecule has 3 aromatic carbocycles. The fourth-order valence-corrected chi connectivity index (χ4v) is 3.30. The van der Waals surface area contributed by atoms with Gasteiger partial charge in [-0.3, -0.25) is 0 Å². The first kappa shape index (κ1) is 21.6. The summed E-state index contributed by atoms with van der Waals surface area (Å²) in [6.45, 7) is 0.749. The standard InChI is InChI=1S/C24H28N2O4/c1-30-21-7-4-16(5-8-21)18-3-2-17(22(25)13-18)10-11-26-14-24(29)19-6-9-23(28)20(12-19)15-27/h2-9,12-13,24,26-29H,10-11,14-15,25H2,1H3. The number of nitrogens with one attached hydrogen (secondary N) is 1. The van der Waals surface area contributed by atoms with Crippen LogP contribution in [0.1, 0.15) is 22.8 Å². The van der Waals surface area contributed by atoms with Gasteiger partial charge in [0.25, 0.3) is 0 Å². The number of methoxy groups -OCH3 is 1. The molecular weight excluding hydrogens is 380 g/mol. The molecular formula is C24H28N2O4. The van der Waals surface area contributed by atoms with Gasteiger partial charge in [-0.25, -0.2) is 0 Å². The second kappa shape index (κ2) is 10.1. The Balaban J connectivity index is 1.53. The highest BCUT2D eigenvalue weighted by molar-refractivity contribution is 5.69. The minimum atomic E-state index is -0.731. The van der Waals surface area contributed by atoms with E-state index in [1.54, 1.807) is 19.2 Å². The Bertz CT molecular complexity index is 973. The second-order valence-electron chi connectivity index (χ2n) is 7.16. The van der Waals surface area contributed by atoms with Gasteiger partial charge in [-0.1, -0.05) is 30.3 Å². The number of phenols is 1. The van der Waals surface area contributed by atoms with Crippen molar-refractivity contribution in [3.8, 4) is 22.6 Å². The van der Waals surface area contributed by atoms with Crippen molar-refractivity contribution < 1.29 is 20.1 Å². The van der Waals surface area contributed by atoms with E-state index in [-0.39, 0.29) is 12.4 Å². The van der Waals surface area contributed by atoms with Gasteiger partial charge in [0.1, 0.15) is 11.5 Å². The Morgan fingerprint density at radius 2 is 1.70 bits per heavy atom. The van der Waals surface area contributed by atoms with Crippen LogP contribution in [-0.4, -0.2) is 35.5 Å². The van der Waals surface area contributed by atoms with Crippen LogP contribution in [-0.2, 0) is 13.0 Å². The van der Waals surface area contributed by atoms with Gasteiger partial charge in [0.05, 0.1) is 19.8 Å². The van der Waals surface area contributed by atoms with Crippen LogP contribution < -0.4 is 15.8 Å². The molecule has 0 spiro atoms. The third-order valence-corrected chi connectivity index (χ3v) is 5.14. The number of ether oxygens (including phenoxy) is 1. The molecule has 1 atom stereocenters. The van der Waals surface area contributed by atoms with Crippen LogP contribution in [0, 0.1) is 0 Å². The molecule has 6 N–H and O–H groups in total. The molecule has 0 amide bonds. The van der Waals surface area contributed by atoms with Crippen LogP contribution in [0.5, 0.6) is 11.5 Å². The minimum absolute atomic E-state index is 0.0231. The summed E-state index contributed by atoms with van der Waals surface area (Å²) in [5, 5.41) is 32.4. The van der Waals surface area contributed by atoms with Crippen molar-refractivity contribution in [3.63, 3.8) is 0 Å². The molecule has 0 aliphatic heterocycles.